The van der Waals surface area contributed by atoms with Crippen molar-refractivity contribution in [3.05, 3.63) is 58.6 Å². The summed E-state index contributed by atoms with van der Waals surface area (Å²) in [6.45, 7) is 3.61. The van der Waals surface area contributed by atoms with Crippen molar-refractivity contribution in [2.24, 2.45) is 0 Å². The van der Waals surface area contributed by atoms with Crippen molar-refractivity contribution in [1.82, 2.24) is 4.98 Å². The number of fused-ring (bicyclic) bond motifs is 1. The highest BCUT2D eigenvalue weighted by atomic mass is 32.1. The van der Waals surface area contributed by atoms with Crippen LogP contribution in [0.15, 0.2) is 42.5 Å². The molecule has 0 atom stereocenters. The van der Waals surface area contributed by atoms with Gasteiger partial charge in [-0.3, -0.25) is 9.59 Å². The number of amides is 1. The Kier molecular flexibility index (Phi) is 6.19. The fraction of sp³-hybridized carbons (Fsp3) is 0.286. The molecule has 1 heterocycles. The zero-order valence-electron chi connectivity index (χ0n) is 15.5. The summed E-state index contributed by atoms with van der Waals surface area (Å²) in [7, 11) is 0. The number of aryl methyl sites for hydroxylation is 3. The van der Waals surface area contributed by atoms with Crippen LogP contribution in [0.4, 0.5) is 5.69 Å². The molecule has 140 valence electrons. The molecule has 0 spiro atoms. The van der Waals surface area contributed by atoms with Crippen LogP contribution in [0, 0.1) is 13.8 Å². The number of carbonyl (C=O) groups excluding carboxylic acids is 2. The number of benzene rings is 2. The molecular weight excluding hydrogens is 360 g/mol. The van der Waals surface area contributed by atoms with E-state index in [-0.39, 0.29) is 24.9 Å². The van der Waals surface area contributed by atoms with E-state index in [4.69, 9.17) is 4.74 Å². The van der Waals surface area contributed by atoms with Gasteiger partial charge in [0.1, 0.15) is 0 Å². The molecule has 3 rings (SSSR count). The molecule has 3 aromatic rings. The Balaban J connectivity index is 1.40. The van der Waals surface area contributed by atoms with Crippen LogP contribution in [-0.4, -0.2) is 23.5 Å². The number of carbonyl (C=O) groups is 2. The number of anilines is 1. The van der Waals surface area contributed by atoms with E-state index in [2.05, 4.69) is 10.3 Å². The molecule has 0 bridgehead atoms. The van der Waals surface area contributed by atoms with Gasteiger partial charge in [-0.25, -0.2) is 4.98 Å². The maximum Gasteiger partial charge on any atom is 0.306 e. The lowest BCUT2D eigenvalue weighted by atomic mass is 10.1. The molecule has 6 heteroatoms. The molecule has 0 saturated carbocycles. The topological polar surface area (TPSA) is 68.3 Å². The second kappa shape index (κ2) is 8.77. The van der Waals surface area contributed by atoms with Crippen molar-refractivity contribution in [2.75, 3.05) is 11.9 Å². The Morgan fingerprint density at radius 1 is 1.15 bits per heavy atom. The minimum atomic E-state index is -0.368. The Morgan fingerprint density at radius 2 is 1.96 bits per heavy atom. The van der Waals surface area contributed by atoms with Gasteiger partial charge < -0.3 is 10.1 Å². The van der Waals surface area contributed by atoms with E-state index in [1.54, 1.807) is 11.3 Å². The number of nitrogens with one attached hydrogen (secondary N) is 1. The monoisotopic (exact) mass is 382 g/mol. The van der Waals surface area contributed by atoms with Gasteiger partial charge in [0.2, 0.25) is 0 Å². The Morgan fingerprint density at radius 3 is 2.78 bits per heavy atom. The zero-order valence-corrected chi connectivity index (χ0v) is 16.3. The molecule has 0 aliphatic carbocycles. The van der Waals surface area contributed by atoms with Gasteiger partial charge in [0, 0.05) is 12.1 Å². The van der Waals surface area contributed by atoms with Gasteiger partial charge in [0.15, 0.2) is 6.61 Å². The number of hydrogen-bond acceptors (Lipinski definition) is 5. The van der Waals surface area contributed by atoms with E-state index in [0.29, 0.717) is 6.42 Å². The van der Waals surface area contributed by atoms with E-state index < -0.39 is 0 Å². The highest BCUT2D eigenvalue weighted by molar-refractivity contribution is 7.18. The van der Waals surface area contributed by atoms with Crippen molar-refractivity contribution >= 4 is 39.1 Å². The van der Waals surface area contributed by atoms with Gasteiger partial charge >= 0.3 is 5.97 Å². The first-order valence-electron chi connectivity index (χ1n) is 8.88. The third kappa shape index (κ3) is 5.37. The Labute approximate surface area is 162 Å². The molecule has 0 saturated heterocycles. The molecule has 0 radical (unpaired) electrons. The van der Waals surface area contributed by atoms with Crippen LogP contribution in [0.5, 0.6) is 0 Å². The predicted octanol–water partition coefficient (Wildman–Crippen LogP) is 4.42. The summed E-state index contributed by atoms with van der Waals surface area (Å²) in [6, 6.07) is 13.8. The van der Waals surface area contributed by atoms with Crippen molar-refractivity contribution in [1.29, 1.82) is 0 Å². The molecule has 2 aromatic carbocycles. The summed E-state index contributed by atoms with van der Waals surface area (Å²) < 4.78 is 6.23. The summed E-state index contributed by atoms with van der Waals surface area (Å²) in [6.07, 6.45) is 1.65. The number of nitrogens with zero attached hydrogens (tertiary/aromatic N) is 1. The van der Waals surface area contributed by atoms with Crippen LogP contribution < -0.4 is 5.32 Å². The molecule has 0 aliphatic rings. The number of ether oxygens (including phenoxy) is 1. The molecule has 0 aliphatic heterocycles. The maximum atomic E-state index is 12.0. The maximum absolute atomic E-state index is 12.0. The second-order valence-electron chi connectivity index (χ2n) is 6.46. The first-order valence-corrected chi connectivity index (χ1v) is 9.70. The van der Waals surface area contributed by atoms with E-state index in [1.165, 1.54) is 0 Å². The van der Waals surface area contributed by atoms with Crippen LogP contribution in [0.1, 0.15) is 29.0 Å². The summed E-state index contributed by atoms with van der Waals surface area (Å²) >= 11 is 1.64. The lowest BCUT2D eigenvalue weighted by molar-refractivity contribution is -0.147. The van der Waals surface area contributed by atoms with Crippen molar-refractivity contribution in [3.8, 4) is 0 Å². The minimum absolute atomic E-state index is 0.270. The number of aromatic nitrogens is 1. The van der Waals surface area contributed by atoms with Gasteiger partial charge in [-0.1, -0.05) is 24.3 Å². The van der Waals surface area contributed by atoms with Gasteiger partial charge in [-0.05, 0) is 56.0 Å². The summed E-state index contributed by atoms with van der Waals surface area (Å²) in [4.78, 5) is 28.4. The summed E-state index contributed by atoms with van der Waals surface area (Å²) in [5.41, 5.74) is 3.76. The number of para-hydroxylation sites is 1. The number of esters is 1. The first-order chi connectivity index (χ1) is 13.0. The summed E-state index contributed by atoms with van der Waals surface area (Å²) in [5, 5.41) is 3.79. The molecule has 0 unspecified atom stereocenters. The standard InChI is InChI=1S/C21H22N2O3S/c1-14-10-11-15(2)17(12-14)22-19(24)13-26-21(25)9-5-8-20-23-16-6-3-4-7-18(16)27-20/h3-4,6-7,10-12H,5,8-9,13H2,1-2H3,(H,22,24). The van der Waals surface area contributed by atoms with Crippen LogP contribution in [0.25, 0.3) is 10.2 Å². The highest BCUT2D eigenvalue weighted by Gasteiger charge is 2.10. The quantitative estimate of drug-likeness (QED) is 0.614. The Hall–Kier alpha value is -2.73. The number of hydrogen-bond donors (Lipinski definition) is 1. The average molecular weight is 382 g/mol. The third-order valence-corrected chi connectivity index (χ3v) is 5.24. The van der Waals surface area contributed by atoms with E-state index in [1.807, 2.05) is 56.3 Å². The van der Waals surface area contributed by atoms with Crippen molar-refractivity contribution in [3.63, 3.8) is 0 Å². The van der Waals surface area contributed by atoms with Crippen molar-refractivity contribution in [2.45, 2.75) is 33.1 Å². The fourth-order valence-electron chi connectivity index (χ4n) is 2.69. The van der Waals surface area contributed by atoms with Crippen LogP contribution in [0.3, 0.4) is 0 Å². The van der Waals surface area contributed by atoms with Gasteiger partial charge in [0.05, 0.1) is 15.2 Å². The van der Waals surface area contributed by atoms with E-state index in [9.17, 15) is 9.59 Å². The smallest absolute Gasteiger partial charge is 0.306 e. The molecule has 1 N–H and O–H groups in total. The van der Waals surface area contributed by atoms with Gasteiger partial charge in [0.25, 0.3) is 5.91 Å². The largest absolute Gasteiger partial charge is 0.456 e. The van der Waals surface area contributed by atoms with Crippen LogP contribution >= 0.6 is 11.3 Å². The lowest BCUT2D eigenvalue weighted by Gasteiger charge is -2.09. The van der Waals surface area contributed by atoms with Crippen LogP contribution in [0.2, 0.25) is 0 Å². The van der Waals surface area contributed by atoms with E-state index >= 15 is 0 Å². The van der Waals surface area contributed by atoms with Crippen molar-refractivity contribution < 1.29 is 14.3 Å². The Bertz CT molecular complexity index is 932. The third-order valence-electron chi connectivity index (χ3n) is 4.14. The van der Waals surface area contributed by atoms with E-state index in [0.717, 1.165) is 38.5 Å². The molecule has 1 amide bonds. The predicted molar refractivity (Wildman–Crippen MR) is 108 cm³/mol. The highest BCUT2D eigenvalue weighted by Crippen LogP contribution is 2.22. The first kappa shape index (κ1) is 19.0. The molecule has 1 aromatic heterocycles. The minimum Gasteiger partial charge on any atom is -0.456 e. The average Bonchev–Trinajstić information content (AvgIpc) is 3.06. The number of rotatable bonds is 7. The molecule has 27 heavy (non-hydrogen) atoms. The van der Waals surface area contributed by atoms with Gasteiger partial charge in [-0.15, -0.1) is 11.3 Å². The van der Waals surface area contributed by atoms with Gasteiger partial charge in [-0.2, -0.15) is 0 Å². The zero-order chi connectivity index (χ0) is 19.2. The molecular formula is C21H22N2O3S. The molecule has 0 fully saturated rings. The SMILES string of the molecule is Cc1ccc(C)c(NC(=O)COC(=O)CCCc2nc3ccccc3s2)c1. The summed E-state index contributed by atoms with van der Waals surface area (Å²) in [5.74, 6) is -0.699. The normalized spacial score (nSPS) is 10.7. The second-order valence-corrected chi connectivity index (χ2v) is 7.57. The van der Waals surface area contributed by atoms with Crippen LogP contribution in [-0.2, 0) is 20.7 Å². The number of thiazole rings is 1. The molecule has 5 nitrogen and oxygen atoms in total. The lowest BCUT2D eigenvalue weighted by Crippen LogP contribution is -2.21. The fourth-order valence-corrected chi connectivity index (χ4v) is 3.69.